The fourth-order valence-corrected chi connectivity index (χ4v) is 3.43. The summed E-state index contributed by atoms with van der Waals surface area (Å²) in [7, 11) is 1.56. The summed E-state index contributed by atoms with van der Waals surface area (Å²) in [5.41, 5.74) is 1.04. The van der Waals surface area contributed by atoms with E-state index in [4.69, 9.17) is 4.74 Å². The van der Waals surface area contributed by atoms with E-state index in [1.807, 2.05) is 24.0 Å². The van der Waals surface area contributed by atoms with Crippen LogP contribution in [-0.4, -0.2) is 60.9 Å². The number of hydrogen-bond donors (Lipinski definition) is 1. The molecule has 0 radical (unpaired) electrons. The average molecular weight is 399 g/mol. The van der Waals surface area contributed by atoms with Crippen LogP contribution in [-0.2, 0) is 16.0 Å². The van der Waals surface area contributed by atoms with Crippen molar-refractivity contribution in [2.24, 2.45) is 0 Å². The average Bonchev–Trinajstić information content (AvgIpc) is 2.75. The van der Waals surface area contributed by atoms with Crippen LogP contribution in [0.25, 0.3) is 0 Å². The van der Waals surface area contributed by atoms with Crippen LogP contribution < -0.4 is 10.1 Å². The van der Waals surface area contributed by atoms with Gasteiger partial charge >= 0.3 is 0 Å². The lowest BCUT2D eigenvalue weighted by molar-refractivity contribution is -0.133. The van der Waals surface area contributed by atoms with Gasteiger partial charge in [-0.1, -0.05) is 30.3 Å². The molecule has 0 spiro atoms. The maximum Gasteiger partial charge on any atom is 0.241 e. The van der Waals surface area contributed by atoms with E-state index in [0.29, 0.717) is 43.2 Å². The Morgan fingerprint density at radius 3 is 2.41 bits per heavy atom. The number of hydrogen-bond acceptors (Lipinski definition) is 4. The molecule has 3 rings (SSSR count). The monoisotopic (exact) mass is 399 g/mol. The number of nitrogens with one attached hydrogen (secondary N) is 1. The highest BCUT2D eigenvalue weighted by molar-refractivity contribution is 5.95. The van der Waals surface area contributed by atoms with Crippen molar-refractivity contribution in [2.45, 2.75) is 19.4 Å². The molecule has 1 heterocycles. The molecule has 154 valence electrons. The molecule has 2 aromatic carbocycles. The van der Waals surface area contributed by atoms with Gasteiger partial charge < -0.3 is 15.0 Å². The summed E-state index contributed by atoms with van der Waals surface area (Å²) in [4.78, 5) is 28.9. The Balaban J connectivity index is 1.52. The third kappa shape index (κ3) is 5.12. The van der Waals surface area contributed by atoms with Gasteiger partial charge in [0, 0.05) is 26.2 Å². The lowest BCUT2D eigenvalue weighted by atomic mass is 10.1. The van der Waals surface area contributed by atoms with Gasteiger partial charge in [-0.25, -0.2) is 4.39 Å². The second-order valence-corrected chi connectivity index (χ2v) is 7.05. The van der Waals surface area contributed by atoms with E-state index in [1.165, 1.54) is 6.07 Å². The van der Waals surface area contributed by atoms with Crippen LogP contribution in [0, 0.1) is 5.82 Å². The third-order valence-electron chi connectivity index (χ3n) is 5.26. The zero-order chi connectivity index (χ0) is 20.8. The number of para-hydroxylation sites is 2. The number of ether oxygens (including phenoxy) is 1. The molecule has 0 aliphatic carbocycles. The molecule has 6 nitrogen and oxygen atoms in total. The number of halogens is 1. The molecule has 1 aliphatic rings. The first-order chi connectivity index (χ1) is 14.0. The number of rotatable bonds is 6. The maximum absolute atomic E-state index is 13.8. The fourth-order valence-electron chi connectivity index (χ4n) is 3.43. The summed E-state index contributed by atoms with van der Waals surface area (Å²) >= 11 is 0. The van der Waals surface area contributed by atoms with Gasteiger partial charge in [0.1, 0.15) is 11.6 Å². The van der Waals surface area contributed by atoms with Crippen molar-refractivity contribution in [3.63, 3.8) is 0 Å². The predicted molar refractivity (Wildman–Crippen MR) is 109 cm³/mol. The Bertz CT molecular complexity index is 866. The van der Waals surface area contributed by atoms with E-state index >= 15 is 0 Å². The minimum Gasteiger partial charge on any atom is -0.495 e. The highest BCUT2D eigenvalue weighted by Gasteiger charge is 2.28. The lowest BCUT2D eigenvalue weighted by Crippen LogP contribution is -2.54. The van der Waals surface area contributed by atoms with E-state index in [2.05, 4.69) is 5.32 Å². The molecule has 1 saturated heterocycles. The molecule has 0 bridgehead atoms. The second-order valence-electron chi connectivity index (χ2n) is 7.05. The molecule has 2 amide bonds. The van der Waals surface area contributed by atoms with Gasteiger partial charge in [0.25, 0.3) is 0 Å². The summed E-state index contributed by atoms with van der Waals surface area (Å²) in [6, 6.07) is 13.3. The predicted octanol–water partition coefficient (Wildman–Crippen LogP) is 2.55. The molecule has 1 N–H and O–H groups in total. The van der Waals surface area contributed by atoms with E-state index in [1.54, 1.807) is 42.3 Å². The number of nitrogens with zero attached hydrogens (tertiary/aromatic N) is 2. The minimum atomic E-state index is -0.360. The van der Waals surface area contributed by atoms with Crippen molar-refractivity contribution in [3.05, 3.63) is 59.9 Å². The number of methoxy groups -OCH3 is 1. The first kappa shape index (κ1) is 20.8. The number of anilines is 1. The molecule has 1 atom stereocenters. The van der Waals surface area contributed by atoms with Gasteiger partial charge in [-0.3, -0.25) is 14.5 Å². The van der Waals surface area contributed by atoms with Crippen molar-refractivity contribution in [1.82, 2.24) is 9.80 Å². The zero-order valence-electron chi connectivity index (χ0n) is 16.7. The van der Waals surface area contributed by atoms with Gasteiger partial charge in [0.15, 0.2) is 0 Å². The Kier molecular flexibility index (Phi) is 6.82. The largest absolute Gasteiger partial charge is 0.495 e. The normalized spacial score (nSPS) is 15.6. The van der Waals surface area contributed by atoms with Crippen molar-refractivity contribution < 1.29 is 18.7 Å². The number of carbonyl (C=O) groups is 2. The second kappa shape index (κ2) is 9.52. The van der Waals surface area contributed by atoms with E-state index in [-0.39, 0.29) is 30.1 Å². The topological polar surface area (TPSA) is 61.9 Å². The standard InChI is InChI=1S/C22H26FN3O3/c1-16(22(28)24-19-9-5-6-10-20(19)29-2)25-11-13-26(14-12-25)21(27)15-17-7-3-4-8-18(17)23/h3-10,16H,11-15H2,1-2H3,(H,24,28). The molecule has 7 heteroatoms. The Morgan fingerprint density at radius 2 is 1.72 bits per heavy atom. The number of carbonyl (C=O) groups excluding carboxylic acids is 2. The Hall–Kier alpha value is -2.93. The van der Waals surface area contributed by atoms with Crippen LogP contribution in [0.4, 0.5) is 10.1 Å². The molecule has 1 aliphatic heterocycles. The van der Waals surface area contributed by atoms with Crippen LogP contribution in [0.15, 0.2) is 48.5 Å². The van der Waals surface area contributed by atoms with Crippen LogP contribution in [0.5, 0.6) is 5.75 Å². The van der Waals surface area contributed by atoms with Crippen molar-refractivity contribution in [3.8, 4) is 5.75 Å². The van der Waals surface area contributed by atoms with Crippen LogP contribution in [0.2, 0.25) is 0 Å². The number of amides is 2. The third-order valence-corrected chi connectivity index (χ3v) is 5.26. The summed E-state index contributed by atoms with van der Waals surface area (Å²) in [6.07, 6.45) is 0.0521. The number of benzene rings is 2. The molecular formula is C22H26FN3O3. The summed E-state index contributed by atoms with van der Waals surface area (Å²) < 4.78 is 19.0. The molecule has 1 unspecified atom stereocenters. The van der Waals surface area contributed by atoms with Crippen LogP contribution >= 0.6 is 0 Å². The Labute approximate surface area is 170 Å². The summed E-state index contributed by atoms with van der Waals surface area (Å²) in [5, 5.41) is 2.90. The highest BCUT2D eigenvalue weighted by atomic mass is 19.1. The van der Waals surface area contributed by atoms with E-state index in [9.17, 15) is 14.0 Å². The van der Waals surface area contributed by atoms with Crippen LogP contribution in [0.1, 0.15) is 12.5 Å². The first-order valence-electron chi connectivity index (χ1n) is 9.68. The van der Waals surface area contributed by atoms with E-state index < -0.39 is 0 Å². The van der Waals surface area contributed by atoms with Gasteiger partial charge in [-0.05, 0) is 30.7 Å². The molecule has 0 aromatic heterocycles. The molecule has 0 saturated carbocycles. The number of piperazine rings is 1. The summed E-state index contributed by atoms with van der Waals surface area (Å²) in [6.45, 7) is 4.05. The molecule has 1 fully saturated rings. The smallest absolute Gasteiger partial charge is 0.241 e. The van der Waals surface area contributed by atoms with Gasteiger partial charge in [-0.15, -0.1) is 0 Å². The van der Waals surface area contributed by atoms with Crippen molar-refractivity contribution >= 4 is 17.5 Å². The van der Waals surface area contributed by atoms with Crippen LogP contribution in [0.3, 0.4) is 0 Å². The first-order valence-corrected chi connectivity index (χ1v) is 9.68. The van der Waals surface area contributed by atoms with Crippen molar-refractivity contribution in [2.75, 3.05) is 38.6 Å². The Morgan fingerprint density at radius 1 is 1.07 bits per heavy atom. The fraction of sp³-hybridized carbons (Fsp3) is 0.364. The minimum absolute atomic E-state index is 0.0521. The summed E-state index contributed by atoms with van der Waals surface area (Å²) in [5.74, 6) is 0.0271. The van der Waals surface area contributed by atoms with Gasteiger partial charge in [-0.2, -0.15) is 0 Å². The molecular weight excluding hydrogens is 373 g/mol. The lowest BCUT2D eigenvalue weighted by Gasteiger charge is -2.37. The van der Waals surface area contributed by atoms with E-state index in [0.717, 1.165) is 0 Å². The van der Waals surface area contributed by atoms with Crippen molar-refractivity contribution in [1.29, 1.82) is 0 Å². The molecule has 29 heavy (non-hydrogen) atoms. The van der Waals surface area contributed by atoms with Gasteiger partial charge in [0.05, 0.1) is 25.3 Å². The maximum atomic E-state index is 13.8. The van der Waals surface area contributed by atoms with Gasteiger partial charge in [0.2, 0.25) is 11.8 Å². The SMILES string of the molecule is COc1ccccc1NC(=O)C(C)N1CCN(C(=O)Cc2ccccc2F)CC1. The quantitative estimate of drug-likeness (QED) is 0.811. The molecule has 2 aromatic rings. The zero-order valence-corrected chi connectivity index (χ0v) is 16.7. The highest BCUT2D eigenvalue weighted by Crippen LogP contribution is 2.23.